The van der Waals surface area contributed by atoms with Crippen LogP contribution in [0.5, 0.6) is 0 Å². The molecule has 0 aromatic rings. The summed E-state index contributed by atoms with van der Waals surface area (Å²) in [5.41, 5.74) is 0. The molecule has 56 valence electrons. The average molecular weight is 128 g/mol. The summed E-state index contributed by atoms with van der Waals surface area (Å²) in [5, 5.41) is 0. The van der Waals surface area contributed by atoms with Crippen molar-refractivity contribution in [1.82, 2.24) is 0 Å². The van der Waals surface area contributed by atoms with E-state index < -0.39 is 0 Å². The van der Waals surface area contributed by atoms with Crippen molar-refractivity contribution < 1.29 is 0 Å². The minimum Gasteiger partial charge on any atom is -0.274 e. The molecule has 8 nitrogen and oxygen atoms in total. The van der Waals surface area contributed by atoms with Gasteiger partial charge in [-0.25, -0.2) is 0 Å². The van der Waals surface area contributed by atoms with Crippen molar-refractivity contribution in [3.05, 3.63) is 0 Å². The molecule has 0 bridgehead atoms. The van der Waals surface area contributed by atoms with Crippen LogP contribution in [0.25, 0.3) is 0 Å². The predicted molar refractivity (Wildman–Crippen MR) is 33.5 cm³/mol. The van der Waals surface area contributed by atoms with E-state index in [2.05, 4.69) is 46.7 Å². The van der Waals surface area contributed by atoms with E-state index in [4.69, 9.17) is 0 Å². The quantitative estimate of drug-likeness (QED) is 0.117. The maximum atomic E-state index is 4.00. The molecule has 0 aliphatic rings. The lowest BCUT2D eigenvalue weighted by Crippen LogP contribution is -2.02. The van der Waals surface area contributed by atoms with Crippen molar-refractivity contribution >= 4 is 0 Å². The van der Waals surface area contributed by atoms with Crippen LogP contribution in [0, 0.1) is 0 Å². The van der Waals surface area contributed by atoms with Gasteiger partial charge in [0.1, 0.15) is 0 Å². The van der Waals surface area contributed by atoms with Crippen molar-refractivity contribution in [2.75, 3.05) is 0 Å². The Labute approximate surface area is 48.0 Å². The zero-order valence-corrected chi connectivity index (χ0v) is 4.62. The van der Waals surface area contributed by atoms with Gasteiger partial charge in [-0.15, -0.1) is 0 Å². The van der Waals surface area contributed by atoms with Crippen LogP contribution in [0.2, 0.25) is 0 Å². The molecule has 0 spiro atoms. The van der Waals surface area contributed by atoms with E-state index in [1.165, 1.54) is 0 Å². The van der Waals surface area contributed by atoms with E-state index in [1.807, 2.05) is 0 Å². The molecule has 0 saturated heterocycles. The van der Waals surface area contributed by atoms with Gasteiger partial charge in [0.25, 0.3) is 0 Å². The highest BCUT2D eigenvalue weighted by molar-refractivity contribution is 3.27. The molecule has 16 N–H and O–H groups in total. The van der Waals surface area contributed by atoms with E-state index >= 15 is 0 Å². The Balaban J connectivity index is -0.0000000133. The molecule has 8 heavy (non-hydrogen) atoms. The van der Waals surface area contributed by atoms with Gasteiger partial charge in [-0.1, -0.05) is 0 Å². The van der Waals surface area contributed by atoms with Gasteiger partial charge in [0.05, 0.1) is 0 Å². The maximum absolute atomic E-state index is 4.00. The highest BCUT2D eigenvalue weighted by atomic mass is 15.0. The average Bonchev–Trinajstić information content (AvgIpc) is 2.03. The van der Waals surface area contributed by atoms with Gasteiger partial charge in [0.2, 0.25) is 0 Å². The van der Waals surface area contributed by atoms with Crippen molar-refractivity contribution in [2.24, 2.45) is 46.7 Å². The molecular weight excluding hydrogens is 112 g/mol. The summed E-state index contributed by atoms with van der Waals surface area (Å²) >= 11 is 0. The normalized spacial score (nSPS) is 3.00. The lowest BCUT2D eigenvalue weighted by molar-refractivity contribution is 1.26. The number of hydrogen-bond donors (Lipinski definition) is 8. The highest BCUT2D eigenvalue weighted by Crippen LogP contribution is -0.0130. The van der Waals surface area contributed by atoms with E-state index in [1.54, 1.807) is 0 Å². The van der Waals surface area contributed by atoms with Gasteiger partial charge < -0.3 is 0 Å². The summed E-state index contributed by atoms with van der Waals surface area (Å²) in [5.74, 6) is 32.0. The summed E-state index contributed by atoms with van der Waals surface area (Å²) in [6.07, 6.45) is 0. The van der Waals surface area contributed by atoms with Gasteiger partial charge in [0.15, 0.2) is 0 Å². The fourth-order valence-corrected chi connectivity index (χ4v) is 0. The Morgan fingerprint density at radius 3 is 0.250 bits per heavy atom. The molecule has 0 atom stereocenters. The second-order valence-corrected chi connectivity index (χ2v) is 0. The first-order valence-electron chi connectivity index (χ1n) is 1.33. The van der Waals surface area contributed by atoms with Gasteiger partial charge >= 0.3 is 0 Å². The number of rotatable bonds is 0. The zero-order chi connectivity index (χ0) is 8.00. The summed E-state index contributed by atoms with van der Waals surface area (Å²) in [6, 6.07) is 0. The fourth-order valence-electron chi connectivity index (χ4n) is 0. The van der Waals surface area contributed by atoms with E-state index in [0.29, 0.717) is 0 Å². The zero-order valence-electron chi connectivity index (χ0n) is 4.62. The van der Waals surface area contributed by atoms with Crippen LogP contribution in [0.3, 0.4) is 0 Å². The topological polar surface area (TPSA) is 208 Å². The number of hydrogen-bond acceptors (Lipinski definition) is 8. The number of nitrogens with two attached hydrogens (primary N) is 8. The third-order valence-electron chi connectivity index (χ3n) is 0. The third kappa shape index (κ3) is 1210. The van der Waals surface area contributed by atoms with Crippen LogP contribution in [-0.4, -0.2) is 0 Å². The lowest BCUT2D eigenvalue weighted by Gasteiger charge is -1.27. The summed E-state index contributed by atoms with van der Waals surface area (Å²) < 4.78 is 0. The first-order chi connectivity index (χ1) is 4.00. The molecule has 0 saturated carbocycles. The lowest BCUT2D eigenvalue weighted by atomic mass is 13.0. The Bertz CT molecular complexity index is 0. The standard InChI is InChI=1S/4H4N2/c4*1-2/h4*1-2H2. The van der Waals surface area contributed by atoms with E-state index in [9.17, 15) is 0 Å². The Hall–Kier alpha value is -0.320. The predicted octanol–water partition coefficient (Wildman–Crippen LogP) is -4.72. The van der Waals surface area contributed by atoms with Gasteiger partial charge in [0, 0.05) is 0 Å². The molecule has 0 aliphatic heterocycles. The van der Waals surface area contributed by atoms with Crippen LogP contribution in [0.1, 0.15) is 0 Å². The third-order valence-corrected chi connectivity index (χ3v) is 0. The van der Waals surface area contributed by atoms with Crippen LogP contribution in [0.15, 0.2) is 0 Å². The maximum Gasteiger partial charge on any atom is -0.274 e. The Morgan fingerprint density at radius 2 is 0.250 bits per heavy atom. The minimum absolute atomic E-state index is 4.00. The van der Waals surface area contributed by atoms with Crippen molar-refractivity contribution in [2.45, 2.75) is 0 Å². The molecule has 0 aliphatic carbocycles. The van der Waals surface area contributed by atoms with Gasteiger partial charge in [-0.3, -0.25) is 46.7 Å². The summed E-state index contributed by atoms with van der Waals surface area (Å²) in [7, 11) is 0. The van der Waals surface area contributed by atoms with Crippen LogP contribution in [-0.2, 0) is 0 Å². The van der Waals surface area contributed by atoms with Crippen LogP contribution >= 0.6 is 0 Å². The van der Waals surface area contributed by atoms with Gasteiger partial charge in [-0.2, -0.15) is 0 Å². The highest BCUT2D eigenvalue weighted by Gasteiger charge is 0.732. The SMILES string of the molecule is NN.NN.NN.NN. The van der Waals surface area contributed by atoms with Crippen LogP contribution in [0.4, 0.5) is 0 Å². The fraction of sp³-hybridized carbons (Fsp3) is 0. The molecule has 8 heteroatoms. The summed E-state index contributed by atoms with van der Waals surface area (Å²) in [6.45, 7) is 0. The van der Waals surface area contributed by atoms with E-state index in [-0.39, 0.29) is 0 Å². The second kappa shape index (κ2) is 2100. The molecule has 0 radical (unpaired) electrons. The summed E-state index contributed by atoms with van der Waals surface area (Å²) in [4.78, 5) is 0. The Kier molecular flexibility index (Phi) is 6660. The molecule has 0 amide bonds. The Morgan fingerprint density at radius 1 is 0.250 bits per heavy atom. The smallest absolute Gasteiger partial charge is 0.274 e. The largest absolute Gasteiger partial charge is 0.274 e. The minimum atomic E-state index is 4.00. The first kappa shape index (κ1) is 25.3. The molecule has 0 fully saturated rings. The van der Waals surface area contributed by atoms with Crippen molar-refractivity contribution in [3.63, 3.8) is 0 Å². The van der Waals surface area contributed by atoms with Crippen LogP contribution < -0.4 is 46.7 Å². The molecule has 0 unspecified atom stereocenters. The van der Waals surface area contributed by atoms with Gasteiger partial charge in [-0.05, 0) is 0 Å². The van der Waals surface area contributed by atoms with Crippen molar-refractivity contribution in [1.29, 1.82) is 0 Å². The first-order valence-corrected chi connectivity index (χ1v) is 1.33. The monoisotopic (exact) mass is 128 g/mol. The number of hydrazine groups is 4. The van der Waals surface area contributed by atoms with E-state index in [0.717, 1.165) is 0 Å². The second-order valence-electron chi connectivity index (χ2n) is 0. The molecule has 0 aromatic carbocycles. The molecule has 0 heterocycles. The molecule has 0 aromatic heterocycles. The van der Waals surface area contributed by atoms with Crippen molar-refractivity contribution in [3.8, 4) is 0 Å². The molecular formula is H16N8. The molecule has 0 rings (SSSR count).